The maximum Gasteiger partial charge on any atom is 0.344 e. The van der Waals surface area contributed by atoms with E-state index in [-0.39, 0.29) is 10.6 Å². The SMILES string of the molecule is O=C(COC(=O)COc1ccccc1Cl)Nc1cccc(S(=O)(=O)NC2=NCCCCC2)c1. The molecule has 0 radical (unpaired) electrons. The molecule has 0 bridgehead atoms. The summed E-state index contributed by atoms with van der Waals surface area (Å²) in [6.45, 7) is -0.382. The fourth-order valence-corrected chi connectivity index (χ4v) is 4.32. The lowest BCUT2D eigenvalue weighted by atomic mass is 10.2. The van der Waals surface area contributed by atoms with Crippen molar-refractivity contribution in [1.29, 1.82) is 0 Å². The van der Waals surface area contributed by atoms with E-state index in [9.17, 15) is 18.0 Å². The van der Waals surface area contributed by atoms with Crippen molar-refractivity contribution in [3.63, 3.8) is 0 Å². The predicted octanol–water partition coefficient (Wildman–Crippen LogP) is 3.15. The lowest BCUT2D eigenvalue weighted by Crippen LogP contribution is -2.30. The second kappa shape index (κ2) is 11.7. The van der Waals surface area contributed by atoms with E-state index in [0.717, 1.165) is 19.3 Å². The number of halogens is 1. The second-order valence-electron chi connectivity index (χ2n) is 7.20. The zero-order chi connectivity index (χ0) is 23.7. The molecule has 1 aliphatic rings. The number of carbonyl (C=O) groups excluding carboxylic acids is 2. The third kappa shape index (κ3) is 7.76. The zero-order valence-electron chi connectivity index (χ0n) is 17.8. The van der Waals surface area contributed by atoms with Crippen molar-refractivity contribution in [1.82, 2.24) is 4.72 Å². The Morgan fingerprint density at radius 3 is 2.67 bits per heavy atom. The summed E-state index contributed by atoms with van der Waals surface area (Å²) in [6, 6.07) is 12.4. The Balaban J connectivity index is 1.50. The molecule has 0 saturated carbocycles. The Hall–Kier alpha value is -3.11. The van der Waals surface area contributed by atoms with E-state index in [1.165, 1.54) is 24.3 Å². The number of carbonyl (C=O) groups is 2. The van der Waals surface area contributed by atoms with Crippen LogP contribution in [0, 0.1) is 0 Å². The molecule has 33 heavy (non-hydrogen) atoms. The number of hydrogen-bond acceptors (Lipinski definition) is 7. The number of amides is 1. The summed E-state index contributed by atoms with van der Waals surface area (Å²) in [6.07, 6.45) is 3.39. The standard InChI is InChI=1S/C22H24ClN3O6S/c23-18-9-3-4-10-19(18)31-15-22(28)32-14-21(27)25-16-7-6-8-17(13-16)33(29,30)26-20-11-2-1-5-12-24-20/h3-4,6-10,13H,1-2,5,11-12,14-15H2,(H,24,26)(H,25,27). The lowest BCUT2D eigenvalue weighted by molar-refractivity contribution is -0.149. The largest absolute Gasteiger partial charge is 0.480 e. The molecule has 3 rings (SSSR count). The normalized spacial score (nSPS) is 13.9. The molecule has 0 atom stereocenters. The van der Waals surface area contributed by atoms with Crippen LogP contribution < -0.4 is 14.8 Å². The van der Waals surface area contributed by atoms with Gasteiger partial charge in [-0.2, -0.15) is 0 Å². The summed E-state index contributed by atoms with van der Waals surface area (Å²) in [5.74, 6) is -0.624. The Kier molecular flexibility index (Phi) is 8.67. The molecule has 0 unspecified atom stereocenters. The van der Waals surface area contributed by atoms with Crippen molar-refractivity contribution < 1.29 is 27.5 Å². The van der Waals surface area contributed by atoms with Gasteiger partial charge in [0, 0.05) is 18.7 Å². The topological polar surface area (TPSA) is 123 Å². The number of nitrogens with one attached hydrogen (secondary N) is 2. The van der Waals surface area contributed by atoms with Gasteiger partial charge in [-0.3, -0.25) is 14.5 Å². The van der Waals surface area contributed by atoms with Gasteiger partial charge in [-0.1, -0.05) is 36.2 Å². The van der Waals surface area contributed by atoms with E-state index in [4.69, 9.17) is 21.1 Å². The van der Waals surface area contributed by atoms with Gasteiger partial charge in [0.05, 0.1) is 9.92 Å². The molecular weight excluding hydrogens is 470 g/mol. The highest BCUT2D eigenvalue weighted by molar-refractivity contribution is 7.90. The van der Waals surface area contributed by atoms with E-state index >= 15 is 0 Å². The van der Waals surface area contributed by atoms with Crippen LogP contribution in [0.3, 0.4) is 0 Å². The van der Waals surface area contributed by atoms with Gasteiger partial charge >= 0.3 is 5.97 Å². The smallest absolute Gasteiger partial charge is 0.344 e. The summed E-state index contributed by atoms with van der Waals surface area (Å²) >= 11 is 5.94. The minimum atomic E-state index is -3.84. The first-order valence-electron chi connectivity index (χ1n) is 10.3. The van der Waals surface area contributed by atoms with Gasteiger partial charge in [0.2, 0.25) is 0 Å². The maximum atomic E-state index is 12.7. The van der Waals surface area contributed by atoms with Gasteiger partial charge in [-0.25, -0.2) is 13.2 Å². The number of sulfonamides is 1. The number of amidine groups is 1. The van der Waals surface area contributed by atoms with Gasteiger partial charge in [-0.15, -0.1) is 0 Å². The average Bonchev–Trinajstić information content (AvgIpc) is 3.05. The fraction of sp³-hybridized carbons (Fsp3) is 0.318. The number of para-hydroxylation sites is 1. The summed E-state index contributed by atoms with van der Waals surface area (Å²) in [4.78, 5) is 28.2. The summed E-state index contributed by atoms with van der Waals surface area (Å²) < 4.78 is 38.0. The number of ether oxygens (including phenoxy) is 2. The molecule has 0 aromatic heterocycles. The number of nitrogens with zero attached hydrogens (tertiary/aromatic N) is 1. The van der Waals surface area contributed by atoms with Crippen molar-refractivity contribution in [3.05, 3.63) is 53.6 Å². The van der Waals surface area contributed by atoms with Crippen LogP contribution in [-0.4, -0.2) is 45.9 Å². The van der Waals surface area contributed by atoms with E-state index in [2.05, 4.69) is 15.0 Å². The summed E-state index contributed by atoms with van der Waals surface area (Å²) in [5.41, 5.74) is 0.244. The Morgan fingerprint density at radius 1 is 1.03 bits per heavy atom. The van der Waals surface area contributed by atoms with Crippen LogP contribution in [0.2, 0.25) is 5.02 Å². The van der Waals surface area contributed by atoms with Crippen molar-refractivity contribution in [3.8, 4) is 5.75 Å². The minimum Gasteiger partial charge on any atom is -0.480 e. The van der Waals surface area contributed by atoms with Gasteiger partial charge in [-0.05, 0) is 43.2 Å². The molecule has 11 heteroatoms. The fourth-order valence-electron chi connectivity index (χ4n) is 3.00. The number of aliphatic imine (C=N–C) groups is 1. The van der Waals surface area contributed by atoms with Crippen LogP contribution in [-0.2, 0) is 24.3 Å². The van der Waals surface area contributed by atoms with Gasteiger partial charge in [0.1, 0.15) is 11.6 Å². The van der Waals surface area contributed by atoms with Crippen molar-refractivity contribution in [2.24, 2.45) is 4.99 Å². The predicted molar refractivity (Wildman–Crippen MR) is 124 cm³/mol. The number of rotatable bonds is 8. The first-order valence-corrected chi connectivity index (χ1v) is 12.2. The molecule has 176 valence electrons. The Bertz CT molecular complexity index is 1140. The molecule has 1 amide bonds. The monoisotopic (exact) mass is 493 g/mol. The third-order valence-electron chi connectivity index (χ3n) is 4.60. The highest BCUT2D eigenvalue weighted by atomic mass is 35.5. The minimum absolute atomic E-state index is 0.0163. The lowest BCUT2D eigenvalue weighted by Gasteiger charge is -2.11. The quantitative estimate of drug-likeness (QED) is 0.544. The molecule has 1 aliphatic heterocycles. The average molecular weight is 494 g/mol. The Morgan fingerprint density at radius 2 is 1.85 bits per heavy atom. The van der Waals surface area contributed by atoms with E-state index in [1.54, 1.807) is 24.3 Å². The van der Waals surface area contributed by atoms with Crippen LogP contribution in [0.1, 0.15) is 25.7 Å². The maximum absolute atomic E-state index is 12.7. The molecular formula is C22H24ClN3O6S. The number of anilines is 1. The summed E-state index contributed by atoms with van der Waals surface area (Å²) in [5, 5.41) is 2.85. The highest BCUT2D eigenvalue weighted by Crippen LogP contribution is 2.23. The van der Waals surface area contributed by atoms with Gasteiger partial charge in [0.15, 0.2) is 13.2 Å². The van der Waals surface area contributed by atoms with Crippen molar-refractivity contribution in [2.75, 3.05) is 25.1 Å². The molecule has 2 N–H and O–H groups in total. The molecule has 0 fully saturated rings. The molecule has 2 aromatic carbocycles. The van der Waals surface area contributed by atoms with Crippen LogP contribution in [0.5, 0.6) is 5.75 Å². The molecule has 0 spiro atoms. The highest BCUT2D eigenvalue weighted by Gasteiger charge is 2.18. The second-order valence-corrected chi connectivity index (χ2v) is 9.29. The zero-order valence-corrected chi connectivity index (χ0v) is 19.3. The molecule has 0 saturated heterocycles. The van der Waals surface area contributed by atoms with Crippen LogP contribution >= 0.6 is 11.6 Å². The van der Waals surface area contributed by atoms with Crippen LogP contribution in [0.4, 0.5) is 5.69 Å². The van der Waals surface area contributed by atoms with Gasteiger partial charge in [0.25, 0.3) is 15.9 Å². The number of benzene rings is 2. The van der Waals surface area contributed by atoms with Crippen LogP contribution in [0.25, 0.3) is 0 Å². The molecule has 2 aromatic rings. The number of hydrogen-bond donors (Lipinski definition) is 2. The van der Waals surface area contributed by atoms with Crippen molar-refractivity contribution >= 4 is 45.0 Å². The molecule has 0 aliphatic carbocycles. The van der Waals surface area contributed by atoms with Gasteiger partial charge < -0.3 is 14.8 Å². The Labute approximate surface area is 197 Å². The van der Waals surface area contributed by atoms with E-state index in [0.29, 0.717) is 29.6 Å². The summed E-state index contributed by atoms with van der Waals surface area (Å²) in [7, 11) is -3.84. The first kappa shape index (κ1) is 24.5. The van der Waals surface area contributed by atoms with E-state index < -0.39 is 35.1 Å². The van der Waals surface area contributed by atoms with Crippen molar-refractivity contribution in [2.45, 2.75) is 30.6 Å². The molecule has 9 nitrogen and oxygen atoms in total. The molecule has 1 heterocycles. The third-order valence-corrected chi connectivity index (χ3v) is 6.29. The first-order chi connectivity index (χ1) is 15.8. The van der Waals surface area contributed by atoms with Crippen LogP contribution in [0.15, 0.2) is 58.4 Å². The number of esters is 1. The van der Waals surface area contributed by atoms with E-state index in [1.807, 2.05) is 0 Å².